The van der Waals surface area contributed by atoms with Gasteiger partial charge in [0.15, 0.2) is 0 Å². The smallest absolute Gasteiger partial charge is 0.101 e. The fraction of sp³-hybridized carbons (Fsp3) is 0.273. The Kier molecular flexibility index (Phi) is 4.15. The van der Waals surface area contributed by atoms with Gasteiger partial charge < -0.3 is 5.32 Å². The van der Waals surface area contributed by atoms with Crippen LogP contribution in [0.3, 0.4) is 0 Å². The summed E-state index contributed by atoms with van der Waals surface area (Å²) in [6.07, 6.45) is 0.414. The Morgan fingerprint density at radius 3 is 2.80 bits per heavy atom. The Hall–Kier alpha value is -1.52. The van der Waals surface area contributed by atoms with E-state index in [0.29, 0.717) is 12.0 Å². The third kappa shape index (κ3) is 3.27. The maximum atomic E-state index is 8.88. The zero-order valence-electron chi connectivity index (χ0n) is 8.29. The Balaban J connectivity index is 2.89. The van der Waals surface area contributed by atoms with E-state index in [0.717, 1.165) is 10.2 Å². The summed E-state index contributed by atoms with van der Waals surface area (Å²) in [6.45, 7) is 1.91. The normalized spacial score (nSPS) is 11.2. The standard InChI is InChI=1S/C11H10BrN3/c1-8(4-5-13)15-11-6-10(12)3-2-9(11)7-14/h2-3,6,8,15H,4H2,1H3. The lowest BCUT2D eigenvalue weighted by molar-refractivity contribution is 0.820. The Bertz CT molecular complexity index is 428. The number of hydrogen-bond donors (Lipinski definition) is 1. The number of nitrogens with one attached hydrogen (secondary N) is 1. The van der Waals surface area contributed by atoms with Gasteiger partial charge in [-0.05, 0) is 25.1 Å². The summed E-state index contributed by atoms with van der Waals surface area (Å²) in [7, 11) is 0. The van der Waals surface area contributed by atoms with Crippen molar-refractivity contribution in [2.45, 2.75) is 19.4 Å². The minimum atomic E-state index is 0.0383. The molecule has 0 aromatic heterocycles. The van der Waals surface area contributed by atoms with Crippen LogP contribution in [0.15, 0.2) is 22.7 Å². The summed E-state index contributed by atoms with van der Waals surface area (Å²) >= 11 is 3.34. The molecular weight excluding hydrogens is 254 g/mol. The molecule has 4 heteroatoms. The molecule has 1 unspecified atom stereocenters. The number of rotatable bonds is 3. The van der Waals surface area contributed by atoms with Gasteiger partial charge in [-0.2, -0.15) is 10.5 Å². The second-order valence-electron chi connectivity index (χ2n) is 3.21. The molecule has 0 heterocycles. The van der Waals surface area contributed by atoms with Crippen molar-refractivity contribution in [1.29, 1.82) is 10.5 Å². The van der Waals surface area contributed by atoms with Gasteiger partial charge in [-0.3, -0.25) is 0 Å². The number of nitrogens with zero attached hydrogens (tertiary/aromatic N) is 2. The third-order valence-electron chi connectivity index (χ3n) is 1.90. The number of benzene rings is 1. The van der Waals surface area contributed by atoms with E-state index < -0.39 is 0 Å². The van der Waals surface area contributed by atoms with Crippen LogP contribution < -0.4 is 5.32 Å². The van der Waals surface area contributed by atoms with Crippen molar-refractivity contribution < 1.29 is 0 Å². The molecule has 0 aliphatic rings. The molecule has 76 valence electrons. The third-order valence-corrected chi connectivity index (χ3v) is 2.39. The molecule has 0 saturated carbocycles. The fourth-order valence-corrected chi connectivity index (χ4v) is 1.55. The molecule has 0 amide bonds. The number of halogens is 1. The second-order valence-corrected chi connectivity index (χ2v) is 4.13. The lowest BCUT2D eigenvalue weighted by Crippen LogP contribution is -2.14. The summed E-state index contributed by atoms with van der Waals surface area (Å²) in [5, 5.41) is 20.5. The molecule has 0 radical (unpaired) electrons. The first kappa shape index (κ1) is 11.6. The van der Waals surface area contributed by atoms with Crippen LogP contribution in [0.1, 0.15) is 18.9 Å². The predicted octanol–water partition coefficient (Wildman–Crippen LogP) is 3.03. The van der Waals surface area contributed by atoms with Gasteiger partial charge in [0.25, 0.3) is 0 Å². The monoisotopic (exact) mass is 263 g/mol. The highest BCUT2D eigenvalue weighted by molar-refractivity contribution is 9.10. The SMILES string of the molecule is CC(CC#N)Nc1cc(Br)ccc1C#N. The number of anilines is 1. The van der Waals surface area contributed by atoms with E-state index >= 15 is 0 Å². The van der Waals surface area contributed by atoms with Crippen LogP contribution in [0.25, 0.3) is 0 Å². The highest BCUT2D eigenvalue weighted by Crippen LogP contribution is 2.21. The molecule has 1 atom stereocenters. The van der Waals surface area contributed by atoms with Crippen LogP contribution in [0.2, 0.25) is 0 Å². The van der Waals surface area contributed by atoms with Crippen LogP contribution in [-0.4, -0.2) is 6.04 Å². The summed E-state index contributed by atoms with van der Waals surface area (Å²) in [6, 6.07) is 9.62. The van der Waals surface area contributed by atoms with E-state index in [4.69, 9.17) is 10.5 Å². The Morgan fingerprint density at radius 2 is 2.20 bits per heavy atom. The van der Waals surface area contributed by atoms with Gasteiger partial charge >= 0.3 is 0 Å². The average Bonchev–Trinajstić information content (AvgIpc) is 2.18. The molecule has 1 N–H and O–H groups in total. The molecule has 0 fully saturated rings. The largest absolute Gasteiger partial charge is 0.380 e. The van der Waals surface area contributed by atoms with Crippen LogP contribution in [0.5, 0.6) is 0 Å². The fourth-order valence-electron chi connectivity index (χ4n) is 1.19. The molecule has 1 aromatic carbocycles. The first-order valence-electron chi connectivity index (χ1n) is 4.50. The van der Waals surface area contributed by atoms with Crippen LogP contribution in [0, 0.1) is 22.7 Å². The Morgan fingerprint density at radius 1 is 1.47 bits per heavy atom. The topological polar surface area (TPSA) is 59.6 Å². The molecule has 3 nitrogen and oxygen atoms in total. The highest BCUT2D eigenvalue weighted by atomic mass is 79.9. The van der Waals surface area contributed by atoms with E-state index in [-0.39, 0.29) is 6.04 Å². The van der Waals surface area contributed by atoms with Gasteiger partial charge in [-0.25, -0.2) is 0 Å². The lowest BCUT2D eigenvalue weighted by Gasteiger charge is -2.13. The van der Waals surface area contributed by atoms with E-state index in [1.165, 1.54) is 0 Å². The minimum Gasteiger partial charge on any atom is -0.380 e. The molecule has 1 rings (SSSR count). The van der Waals surface area contributed by atoms with Crippen molar-refractivity contribution in [3.05, 3.63) is 28.2 Å². The summed E-state index contributed by atoms with van der Waals surface area (Å²) in [5.74, 6) is 0. The highest BCUT2D eigenvalue weighted by Gasteiger charge is 2.06. The van der Waals surface area contributed by atoms with E-state index in [1.54, 1.807) is 6.07 Å². The first-order valence-corrected chi connectivity index (χ1v) is 5.30. The summed E-state index contributed by atoms with van der Waals surface area (Å²) < 4.78 is 0.910. The van der Waals surface area contributed by atoms with Gasteiger partial charge in [-0.1, -0.05) is 15.9 Å². The van der Waals surface area contributed by atoms with Crippen molar-refractivity contribution in [2.75, 3.05) is 5.32 Å². The second kappa shape index (κ2) is 5.38. The van der Waals surface area contributed by atoms with Crippen LogP contribution in [0.4, 0.5) is 5.69 Å². The van der Waals surface area contributed by atoms with Crippen LogP contribution >= 0.6 is 15.9 Å². The Labute approximate surface area is 97.5 Å². The van der Waals surface area contributed by atoms with Crippen molar-refractivity contribution in [2.24, 2.45) is 0 Å². The lowest BCUT2D eigenvalue weighted by atomic mass is 10.1. The predicted molar refractivity (Wildman–Crippen MR) is 62.2 cm³/mol. The average molecular weight is 264 g/mol. The van der Waals surface area contributed by atoms with Gasteiger partial charge in [0, 0.05) is 10.5 Å². The molecule has 1 aromatic rings. The molecule has 0 aliphatic carbocycles. The van der Waals surface area contributed by atoms with Crippen molar-refractivity contribution >= 4 is 21.6 Å². The van der Waals surface area contributed by atoms with Gasteiger partial charge in [0.05, 0.1) is 23.7 Å². The summed E-state index contributed by atoms with van der Waals surface area (Å²) in [4.78, 5) is 0. The van der Waals surface area contributed by atoms with Gasteiger partial charge in [0.2, 0.25) is 0 Å². The number of nitriles is 2. The maximum absolute atomic E-state index is 8.88. The van der Waals surface area contributed by atoms with E-state index in [1.807, 2.05) is 19.1 Å². The zero-order chi connectivity index (χ0) is 11.3. The van der Waals surface area contributed by atoms with Crippen LogP contribution in [-0.2, 0) is 0 Å². The molecule has 15 heavy (non-hydrogen) atoms. The number of hydrogen-bond acceptors (Lipinski definition) is 3. The molecule has 0 spiro atoms. The van der Waals surface area contributed by atoms with E-state index in [9.17, 15) is 0 Å². The van der Waals surface area contributed by atoms with Gasteiger partial charge in [-0.15, -0.1) is 0 Å². The molecule has 0 aliphatic heterocycles. The van der Waals surface area contributed by atoms with Crippen molar-refractivity contribution in [1.82, 2.24) is 0 Å². The van der Waals surface area contributed by atoms with Crippen molar-refractivity contribution in [3.63, 3.8) is 0 Å². The minimum absolute atomic E-state index is 0.0383. The zero-order valence-corrected chi connectivity index (χ0v) is 9.87. The molecular formula is C11H10BrN3. The molecule has 0 bridgehead atoms. The van der Waals surface area contributed by atoms with E-state index in [2.05, 4.69) is 33.4 Å². The molecule has 0 saturated heterocycles. The first-order chi connectivity index (χ1) is 7.17. The summed E-state index contributed by atoms with van der Waals surface area (Å²) in [5.41, 5.74) is 1.35. The van der Waals surface area contributed by atoms with Gasteiger partial charge in [0.1, 0.15) is 6.07 Å². The maximum Gasteiger partial charge on any atom is 0.101 e. The quantitative estimate of drug-likeness (QED) is 0.912. The van der Waals surface area contributed by atoms with Crippen molar-refractivity contribution in [3.8, 4) is 12.1 Å².